The standard InChI is InChI=1S/C23H24FN3O2/c24-21-8-6-19(7-9-21)18-29-27(22-4-2-1-3-5-22)17-20-10-11-25-23(16-20)26-12-14-28-15-13-26/h1-11,16H,12-15,17-18H2. The van der Waals surface area contributed by atoms with Crippen molar-refractivity contribution in [3.8, 4) is 0 Å². The van der Waals surface area contributed by atoms with Crippen LogP contribution in [0.3, 0.4) is 0 Å². The lowest BCUT2D eigenvalue weighted by atomic mass is 10.2. The molecule has 6 heteroatoms. The number of nitrogens with zero attached hydrogens (tertiary/aromatic N) is 3. The normalized spacial score (nSPS) is 14.0. The number of halogens is 1. The molecule has 1 aliphatic rings. The Kier molecular flexibility index (Phi) is 6.34. The van der Waals surface area contributed by atoms with Crippen molar-refractivity contribution in [2.24, 2.45) is 0 Å². The highest BCUT2D eigenvalue weighted by Crippen LogP contribution is 2.21. The molecule has 0 bridgehead atoms. The number of para-hydroxylation sites is 1. The van der Waals surface area contributed by atoms with Gasteiger partial charge in [0.05, 0.1) is 32.1 Å². The largest absolute Gasteiger partial charge is 0.378 e. The SMILES string of the molecule is Fc1ccc(CON(Cc2ccnc(N3CCOCC3)c2)c2ccccc2)cc1. The number of benzene rings is 2. The number of hydroxylamine groups is 1. The van der Waals surface area contributed by atoms with Gasteiger partial charge in [-0.3, -0.25) is 4.84 Å². The first-order chi connectivity index (χ1) is 14.3. The lowest BCUT2D eigenvalue weighted by Crippen LogP contribution is -2.36. The van der Waals surface area contributed by atoms with Gasteiger partial charge in [0.1, 0.15) is 11.6 Å². The Morgan fingerprint density at radius 3 is 2.48 bits per heavy atom. The van der Waals surface area contributed by atoms with Gasteiger partial charge in [-0.2, -0.15) is 0 Å². The number of ether oxygens (including phenoxy) is 1. The zero-order chi connectivity index (χ0) is 19.9. The molecule has 29 heavy (non-hydrogen) atoms. The highest BCUT2D eigenvalue weighted by molar-refractivity contribution is 5.46. The van der Waals surface area contributed by atoms with Crippen molar-refractivity contribution in [1.82, 2.24) is 4.98 Å². The molecule has 0 aliphatic carbocycles. The molecular weight excluding hydrogens is 369 g/mol. The summed E-state index contributed by atoms with van der Waals surface area (Å²) in [6.45, 7) is 4.08. The Labute approximate surface area is 170 Å². The number of aromatic nitrogens is 1. The van der Waals surface area contributed by atoms with Crippen molar-refractivity contribution in [1.29, 1.82) is 0 Å². The third-order valence-corrected chi connectivity index (χ3v) is 4.82. The molecule has 1 saturated heterocycles. The van der Waals surface area contributed by atoms with Crippen LogP contribution in [0.25, 0.3) is 0 Å². The first-order valence-electron chi connectivity index (χ1n) is 9.75. The molecule has 0 spiro atoms. The second-order valence-electron chi connectivity index (χ2n) is 6.89. The summed E-state index contributed by atoms with van der Waals surface area (Å²) in [5, 5.41) is 1.86. The van der Waals surface area contributed by atoms with E-state index in [1.54, 1.807) is 12.1 Å². The molecule has 5 nitrogen and oxygen atoms in total. The van der Waals surface area contributed by atoms with Crippen LogP contribution in [0.4, 0.5) is 15.9 Å². The number of rotatable bonds is 7. The number of pyridine rings is 1. The van der Waals surface area contributed by atoms with Crippen LogP contribution in [-0.2, 0) is 22.7 Å². The maximum absolute atomic E-state index is 13.2. The van der Waals surface area contributed by atoms with Crippen molar-refractivity contribution in [2.75, 3.05) is 36.3 Å². The molecule has 2 aromatic carbocycles. The summed E-state index contributed by atoms with van der Waals surface area (Å²) in [5.41, 5.74) is 2.97. The molecule has 0 unspecified atom stereocenters. The number of hydrogen-bond acceptors (Lipinski definition) is 5. The van der Waals surface area contributed by atoms with E-state index >= 15 is 0 Å². The van der Waals surface area contributed by atoms with E-state index in [2.05, 4.69) is 16.0 Å². The molecule has 1 aromatic heterocycles. The maximum Gasteiger partial charge on any atom is 0.128 e. The van der Waals surface area contributed by atoms with E-state index in [4.69, 9.17) is 9.57 Å². The smallest absolute Gasteiger partial charge is 0.128 e. The highest BCUT2D eigenvalue weighted by Gasteiger charge is 2.14. The summed E-state index contributed by atoms with van der Waals surface area (Å²) in [7, 11) is 0. The van der Waals surface area contributed by atoms with Gasteiger partial charge in [0.2, 0.25) is 0 Å². The fourth-order valence-electron chi connectivity index (χ4n) is 3.23. The Balaban J connectivity index is 1.50. The topological polar surface area (TPSA) is 37.8 Å². The fraction of sp³-hybridized carbons (Fsp3) is 0.261. The minimum absolute atomic E-state index is 0.249. The minimum atomic E-state index is -0.249. The zero-order valence-corrected chi connectivity index (χ0v) is 16.2. The Hall–Kier alpha value is -2.96. The third-order valence-electron chi connectivity index (χ3n) is 4.82. The first kappa shape index (κ1) is 19.4. The van der Waals surface area contributed by atoms with Gasteiger partial charge < -0.3 is 9.64 Å². The van der Waals surface area contributed by atoms with Crippen LogP contribution in [-0.4, -0.2) is 31.3 Å². The molecular formula is C23H24FN3O2. The summed E-state index contributed by atoms with van der Waals surface area (Å²) in [5.74, 6) is 0.707. The molecule has 1 fully saturated rings. The van der Waals surface area contributed by atoms with Gasteiger partial charge in [-0.15, -0.1) is 0 Å². The number of morpholine rings is 1. The van der Waals surface area contributed by atoms with Crippen LogP contribution < -0.4 is 9.96 Å². The lowest BCUT2D eigenvalue weighted by molar-refractivity contribution is 0.0908. The molecule has 3 aromatic rings. The molecule has 150 valence electrons. The van der Waals surface area contributed by atoms with Crippen LogP contribution >= 0.6 is 0 Å². The van der Waals surface area contributed by atoms with Crippen molar-refractivity contribution < 1.29 is 14.0 Å². The summed E-state index contributed by atoms with van der Waals surface area (Å²) in [6.07, 6.45) is 1.84. The minimum Gasteiger partial charge on any atom is -0.378 e. The van der Waals surface area contributed by atoms with E-state index in [9.17, 15) is 4.39 Å². The van der Waals surface area contributed by atoms with E-state index in [1.165, 1.54) is 12.1 Å². The van der Waals surface area contributed by atoms with E-state index in [1.807, 2.05) is 47.7 Å². The summed E-state index contributed by atoms with van der Waals surface area (Å²) < 4.78 is 18.6. The summed E-state index contributed by atoms with van der Waals surface area (Å²) in [6, 6.07) is 20.4. The molecule has 0 N–H and O–H groups in total. The van der Waals surface area contributed by atoms with Gasteiger partial charge >= 0.3 is 0 Å². The molecule has 0 amide bonds. The highest BCUT2D eigenvalue weighted by atomic mass is 19.1. The predicted molar refractivity (Wildman–Crippen MR) is 111 cm³/mol. The number of anilines is 2. The molecule has 4 rings (SSSR count). The zero-order valence-electron chi connectivity index (χ0n) is 16.2. The second kappa shape index (κ2) is 9.49. The second-order valence-corrected chi connectivity index (χ2v) is 6.89. The summed E-state index contributed by atoms with van der Waals surface area (Å²) >= 11 is 0. The van der Waals surface area contributed by atoms with Crippen LogP contribution in [0, 0.1) is 5.82 Å². The van der Waals surface area contributed by atoms with Crippen LogP contribution in [0.5, 0.6) is 0 Å². The Bertz CT molecular complexity index is 900. The molecule has 0 atom stereocenters. The molecule has 0 radical (unpaired) electrons. The van der Waals surface area contributed by atoms with E-state index < -0.39 is 0 Å². The average molecular weight is 393 g/mol. The van der Waals surface area contributed by atoms with Gasteiger partial charge in [-0.1, -0.05) is 30.3 Å². The van der Waals surface area contributed by atoms with Gasteiger partial charge in [-0.25, -0.2) is 14.4 Å². The van der Waals surface area contributed by atoms with Crippen molar-refractivity contribution in [2.45, 2.75) is 13.2 Å². The fourth-order valence-corrected chi connectivity index (χ4v) is 3.23. The lowest BCUT2D eigenvalue weighted by Gasteiger charge is -2.29. The molecule has 0 saturated carbocycles. The molecule has 2 heterocycles. The summed E-state index contributed by atoms with van der Waals surface area (Å²) in [4.78, 5) is 12.9. The third kappa shape index (κ3) is 5.31. The van der Waals surface area contributed by atoms with Crippen molar-refractivity contribution in [3.63, 3.8) is 0 Å². The Morgan fingerprint density at radius 1 is 0.966 bits per heavy atom. The van der Waals surface area contributed by atoms with Crippen molar-refractivity contribution in [3.05, 3.63) is 89.9 Å². The monoisotopic (exact) mass is 393 g/mol. The van der Waals surface area contributed by atoms with Gasteiger partial charge in [0, 0.05) is 19.3 Å². The number of hydrogen-bond donors (Lipinski definition) is 0. The first-order valence-corrected chi connectivity index (χ1v) is 9.75. The van der Waals surface area contributed by atoms with Gasteiger partial charge in [0.15, 0.2) is 0 Å². The van der Waals surface area contributed by atoms with Gasteiger partial charge in [0.25, 0.3) is 0 Å². The van der Waals surface area contributed by atoms with E-state index in [-0.39, 0.29) is 5.82 Å². The van der Waals surface area contributed by atoms with Gasteiger partial charge in [-0.05, 0) is 47.5 Å². The van der Waals surface area contributed by atoms with E-state index in [0.717, 1.165) is 48.9 Å². The van der Waals surface area contributed by atoms with Crippen LogP contribution in [0.1, 0.15) is 11.1 Å². The van der Waals surface area contributed by atoms with Crippen LogP contribution in [0.15, 0.2) is 72.9 Å². The molecule has 1 aliphatic heterocycles. The maximum atomic E-state index is 13.2. The Morgan fingerprint density at radius 2 is 1.72 bits per heavy atom. The average Bonchev–Trinajstić information content (AvgIpc) is 2.79. The quantitative estimate of drug-likeness (QED) is 0.563. The predicted octanol–water partition coefficient (Wildman–Crippen LogP) is 4.20. The van der Waals surface area contributed by atoms with Crippen LogP contribution in [0.2, 0.25) is 0 Å². The van der Waals surface area contributed by atoms with E-state index in [0.29, 0.717) is 13.2 Å². The van der Waals surface area contributed by atoms with Crippen molar-refractivity contribution >= 4 is 11.5 Å².